The normalized spacial score (nSPS) is 14.2. The molecule has 0 spiro atoms. The smallest absolute Gasteiger partial charge is 0.338 e. The Morgan fingerprint density at radius 1 is 0.946 bits per heavy atom. The lowest BCUT2D eigenvalue weighted by Crippen LogP contribution is -2.41. The summed E-state index contributed by atoms with van der Waals surface area (Å²) in [4.78, 5) is 16.8. The number of rotatable bonds is 10. The minimum atomic E-state index is -4.57. The lowest BCUT2D eigenvalue weighted by molar-refractivity contribution is -0.0216. The van der Waals surface area contributed by atoms with Crippen LogP contribution < -0.4 is 0 Å². The molecule has 3 aromatic rings. The maximum atomic E-state index is 15.0. The third-order valence-electron chi connectivity index (χ3n) is 5.08. The number of nitrogens with zero attached hydrogens (tertiary/aromatic N) is 1. The maximum Gasteiger partial charge on any atom is 0.338 e. The number of halogens is 4. The Morgan fingerprint density at radius 2 is 1.54 bits per heavy atom. The third-order valence-corrected chi connectivity index (χ3v) is 7.66. The summed E-state index contributed by atoms with van der Waals surface area (Å²) in [5.41, 5.74) is 1.90. The van der Waals surface area contributed by atoms with Crippen molar-refractivity contribution in [3.8, 4) is 11.1 Å². The van der Waals surface area contributed by atoms with Crippen LogP contribution >= 0.6 is 34.8 Å². The summed E-state index contributed by atoms with van der Waals surface area (Å²) < 4.78 is 51.2. The van der Waals surface area contributed by atoms with Crippen molar-refractivity contribution in [1.29, 1.82) is 0 Å². The van der Waals surface area contributed by atoms with Crippen LogP contribution in [-0.4, -0.2) is 46.1 Å². The summed E-state index contributed by atoms with van der Waals surface area (Å²) in [5, 5.41) is 3.03. The largest absolute Gasteiger partial charge is 0.452 e. The van der Waals surface area contributed by atoms with E-state index in [1.54, 1.807) is 12.1 Å². The summed E-state index contributed by atoms with van der Waals surface area (Å²) in [5.74, 6) is -0.904. The highest BCUT2D eigenvalue weighted by atomic mass is 35.5. The fraction of sp³-hybridized carbons (Fsp3) is 0.200. The van der Waals surface area contributed by atoms with Crippen molar-refractivity contribution in [1.82, 2.24) is 0 Å². The molecule has 3 rings (SSSR count). The summed E-state index contributed by atoms with van der Waals surface area (Å²) >= 11 is 17.8. The highest BCUT2D eigenvalue weighted by Gasteiger charge is 2.35. The Labute approximate surface area is 228 Å². The predicted molar refractivity (Wildman–Crippen MR) is 141 cm³/mol. The minimum Gasteiger partial charge on any atom is -0.452 e. The molecule has 196 valence electrons. The van der Waals surface area contributed by atoms with Crippen molar-refractivity contribution >= 4 is 57.1 Å². The van der Waals surface area contributed by atoms with E-state index in [0.29, 0.717) is 0 Å². The average Bonchev–Trinajstić information content (AvgIpc) is 2.88. The van der Waals surface area contributed by atoms with E-state index in [-0.39, 0.29) is 20.6 Å². The number of hydrogen-bond acceptors (Lipinski definition) is 7. The number of alkyl halides is 1. The number of carbonyl (C=O) groups excluding carboxylic acids is 1. The van der Waals surface area contributed by atoms with E-state index in [1.165, 1.54) is 26.2 Å². The quantitative estimate of drug-likeness (QED) is 0.0871. The first-order valence-corrected chi connectivity index (χ1v) is 13.2. The Hall–Kier alpha value is -2.69. The van der Waals surface area contributed by atoms with Crippen LogP contribution in [0.4, 0.5) is 4.39 Å². The van der Waals surface area contributed by atoms with E-state index >= 15 is 0 Å². The van der Waals surface area contributed by atoms with E-state index in [9.17, 15) is 17.6 Å². The Morgan fingerprint density at radius 3 is 2.16 bits per heavy atom. The number of ether oxygens (including phenoxy) is 1. The van der Waals surface area contributed by atoms with Crippen molar-refractivity contribution in [2.24, 2.45) is 5.16 Å². The first kappa shape index (κ1) is 28.9. The molecule has 0 aliphatic rings. The van der Waals surface area contributed by atoms with Crippen LogP contribution in [0, 0.1) is 0 Å². The van der Waals surface area contributed by atoms with Gasteiger partial charge in [0.15, 0.2) is 12.3 Å². The second-order valence-corrected chi connectivity index (χ2v) is 10.4. The average molecular weight is 589 g/mol. The molecule has 0 bridgehead atoms. The highest BCUT2D eigenvalue weighted by Crippen LogP contribution is 2.33. The SMILES string of the molecule is CO/N=C/[C@@H](F)[C@H](OC(=O)c1ccc(-c2ccccc2)cc1)[C@@H](C)OS(=O)(=O)c1cc(Cl)c(Cl)cc1Cl. The molecule has 0 saturated heterocycles. The van der Waals surface area contributed by atoms with Gasteiger partial charge < -0.3 is 9.57 Å². The second-order valence-electron chi connectivity index (χ2n) is 7.65. The van der Waals surface area contributed by atoms with E-state index in [0.717, 1.165) is 29.5 Å². The Balaban J connectivity index is 1.83. The van der Waals surface area contributed by atoms with Crippen molar-refractivity contribution < 1.29 is 31.4 Å². The van der Waals surface area contributed by atoms with Gasteiger partial charge in [-0.2, -0.15) is 8.42 Å². The van der Waals surface area contributed by atoms with Gasteiger partial charge in [-0.05, 0) is 42.3 Å². The van der Waals surface area contributed by atoms with Crippen LogP contribution in [0.5, 0.6) is 0 Å². The summed E-state index contributed by atoms with van der Waals surface area (Å²) in [7, 11) is -3.38. The number of benzene rings is 3. The van der Waals surface area contributed by atoms with E-state index in [2.05, 4.69) is 9.99 Å². The molecule has 0 N–H and O–H groups in total. The van der Waals surface area contributed by atoms with E-state index in [1.807, 2.05) is 30.3 Å². The van der Waals surface area contributed by atoms with Crippen molar-refractivity contribution in [3.63, 3.8) is 0 Å². The van der Waals surface area contributed by atoms with Gasteiger partial charge in [-0.3, -0.25) is 4.18 Å². The monoisotopic (exact) mass is 587 g/mol. The molecular formula is C25H21Cl3FNO6S. The molecule has 0 radical (unpaired) electrons. The van der Waals surface area contributed by atoms with Crippen molar-refractivity contribution in [2.75, 3.05) is 7.11 Å². The first-order valence-electron chi connectivity index (χ1n) is 10.7. The lowest BCUT2D eigenvalue weighted by atomic mass is 10.0. The molecule has 12 heteroatoms. The number of oxime groups is 1. The van der Waals surface area contributed by atoms with Crippen LogP contribution in [-0.2, 0) is 23.9 Å². The van der Waals surface area contributed by atoms with Crippen molar-refractivity contribution in [2.45, 2.75) is 30.2 Å². The molecule has 7 nitrogen and oxygen atoms in total. The zero-order chi connectivity index (χ0) is 27.2. The summed E-state index contributed by atoms with van der Waals surface area (Å²) in [6, 6.07) is 18.0. The molecule has 0 aromatic heterocycles. The van der Waals surface area contributed by atoms with Crippen LogP contribution in [0.15, 0.2) is 76.8 Å². The molecule has 0 aliphatic carbocycles. The Kier molecular flexibility index (Phi) is 9.92. The molecule has 0 aliphatic heterocycles. The van der Waals surface area contributed by atoms with E-state index in [4.69, 9.17) is 43.7 Å². The zero-order valence-corrected chi connectivity index (χ0v) is 22.6. The predicted octanol–water partition coefficient (Wildman–Crippen LogP) is 6.60. The van der Waals surface area contributed by atoms with Crippen molar-refractivity contribution in [3.05, 3.63) is 87.4 Å². The van der Waals surface area contributed by atoms with Crippen LogP contribution in [0.1, 0.15) is 17.3 Å². The second kappa shape index (κ2) is 12.7. The molecular weight excluding hydrogens is 568 g/mol. The zero-order valence-electron chi connectivity index (χ0n) is 19.5. The van der Waals surface area contributed by atoms with E-state index < -0.39 is 39.4 Å². The molecule has 0 fully saturated rings. The lowest BCUT2D eigenvalue weighted by Gasteiger charge is -2.25. The Bertz CT molecular complexity index is 1370. The van der Waals surface area contributed by atoms with Crippen LogP contribution in [0.2, 0.25) is 15.1 Å². The van der Waals surface area contributed by atoms with Gasteiger partial charge in [0.2, 0.25) is 0 Å². The van der Waals surface area contributed by atoms with Gasteiger partial charge in [0, 0.05) is 0 Å². The molecule has 0 amide bonds. The fourth-order valence-electron chi connectivity index (χ4n) is 3.25. The molecule has 0 unspecified atom stereocenters. The van der Waals surface area contributed by atoms with Gasteiger partial charge in [-0.1, -0.05) is 82.4 Å². The number of hydrogen-bond donors (Lipinski definition) is 0. The maximum absolute atomic E-state index is 15.0. The van der Waals surface area contributed by atoms with Crippen LogP contribution in [0.3, 0.4) is 0 Å². The van der Waals surface area contributed by atoms with Gasteiger partial charge in [0.25, 0.3) is 10.1 Å². The molecule has 3 aromatic carbocycles. The molecule has 3 atom stereocenters. The standard InChI is InChI=1S/C25H21Cl3FNO6S/c1-15(36-37(32,33)23-13-20(27)19(26)12-21(23)28)24(22(29)14-30-34-2)35-25(31)18-10-8-17(9-11-18)16-6-4-3-5-7-16/h3-15,22,24H,1-2H3/b30-14+/t15-,22-,24-/m1/s1. The van der Waals surface area contributed by atoms with Gasteiger partial charge in [0.1, 0.15) is 18.1 Å². The summed E-state index contributed by atoms with van der Waals surface area (Å²) in [6.07, 6.45) is -4.60. The third kappa shape index (κ3) is 7.43. The number of carbonyl (C=O) groups is 1. The van der Waals surface area contributed by atoms with Gasteiger partial charge in [-0.15, -0.1) is 0 Å². The fourth-order valence-corrected chi connectivity index (χ4v) is 5.31. The molecule has 0 heterocycles. The topological polar surface area (TPSA) is 91.3 Å². The molecule has 37 heavy (non-hydrogen) atoms. The minimum absolute atomic E-state index is 0.0309. The van der Waals surface area contributed by atoms with Gasteiger partial charge in [0.05, 0.1) is 26.8 Å². The first-order chi connectivity index (χ1) is 17.5. The van der Waals surface area contributed by atoms with Crippen LogP contribution in [0.25, 0.3) is 11.1 Å². The number of esters is 1. The van der Waals surface area contributed by atoms with Gasteiger partial charge >= 0.3 is 5.97 Å². The summed E-state index contributed by atoms with van der Waals surface area (Å²) in [6.45, 7) is 1.21. The van der Waals surface area contributed by atoms with Gasteiger partial charge in [-0.25, -0.2) is 9.18 Å². The highest BCUT2D eigenvalue weighted by molar-refractivity contribution is 7.87. The molecule has 0 saturated carbocycles.